The van der Waals surface area contributed by atoms with E-state index >= 15 is 0 Å². The van der Waals surface area contributed by atoms with E-state index in [0.717, 1.165) is 64.4 Å². The topological polar surface area (TPSA) is 41.6 Å². The number of carbonyl (C=O) groups excluding carboxylic acids is 1. The molecular formula is C13H24N2O2. The second-order valence-corrected chi connectivity index (χ2v) is 5.20. The molecule has 1 amide bonds. The van der Waals surface area contributed by atoms with Crippen LogP contribution in [-0.4, -0.2) is 50.2 Å². The minimum absolute atomic E-state index is 0.466. The molecule has 0 aromatic carbocycles. The molecule has 2 rings (SSSR count). The van der Waals surface area contributed by atoms with Gasteiger partial charge in [-0.05, 0) is 51.1 Å². The zero-order valence-corrected chi connectivity index (χ0v) is 10.6. The number of nitrogens with one attached hydrogen (secondary N) is 1. The molecule has 98 valence electrons. The number of hydrogen-bond donors (Lipinski definition) is 1. The molecule has 0 aliphatic carbocycles. The normalized spacial score (nSPS) is 26.0. The molecule has 1 N–H and O–H groups in total. The van der Waals surface area contributed by atoms with Gasteiger partial charge in [0, 0.05) is 25.8 Å². The number of piperidine rings is 1. The lowest BCUT2D eigenvalue weighted by Crippen LogP contribution is -2.42. The van der Waals surface area contributed by atoms with Gasteiger partial charge >= 0.3 is 0 Å². The van der Waals surface area contributed by atoms with Crippen LogP contribution in [0.15, 0.2) is 0 Å². The van der Waals surface area contributed by atoms with Crippen LogP contribution in [0, 0.1) is 5.92 Å². The van der Waals surface area contributed by atoms with E-state index < -0.39 is 0 Å². The van der Waals surface area contributed by atoms with E-state index in [4.69, 9.17) is 4.74 Å². The first-order valence-electron chi connectivity index (χ1n) is 6.89. The fourth-order valence-corrected chi connectivity index (χ4v) is 2.83. The molecule has 2 heterocycles. The Hall–Kier alpha value is -0.610. The Morgan fingerprint density at radius 2 is 2.12 bits per heavy atom. The van der Waals surface area contributed by atoms with Gasteiger partial charge in [-0.1, -0.05) is 0 Å². The molecule has 4 heteroatoms. The van der Waals surface area contributed by atoms with Crippen molar-refractivity contribution in [1.29, 1.82) is 0 Å². The molecule has 4 nitrogen and oxygen atoms in total. The second kappa shape index (κ2) is 6.97. The van der Waals surface area contributed by atoms with Gasteiger partial charge in [0.05, 0.1) is 0 Å². The number of nitrogens with zero attached hydrogens (tertiary/aromatic N) is 1. The zero-order valence-electron chi connectivity index (χ0n) is 10.6. The van der Waals surface area contributed by atoms with Crippen molar-refractivity contribution in [3.05, 3.63) is 0 Å². The van der Waals surface area contributed by atoms with Crippen molar-refractivity contribution >= 4 is 6.41 Å². The Morgan fingerprint density at radius 1 is 1.29 bits per heavy atom. The van der Waals surface area contributed by atoms with Gasteiger partial charge in [-0.3, -0.25) is 4.79 Å². The Bertz CT molecular complexity index is 223. The number of rotatable bonds is 6. The van der Waals surface area contributed by atoms with Crippen LogP contribution < -0.4 is 5.32 Å². The average Bonchev–Trinajstić information content (AvgIpc) is 2.89. The first-order chi connectivity index (χ1) is 8.40. The van der Waals surface area contributed by atoms with Gasteiger partial charge in [0.2, 0.25) is 6.41 Å². The summed E-state index contributed by atoms with van der Waals surface area (Å²) in [6.07, 6.45) is 6.78. The summed E-state index contributed by atoms with van der Waals surface area (Å²) in [6, 6.07) is 0.466. The van der Waals surface area contributed by atoms with Crippen molar-refractivity contribution in [3.8, 4) is 0 Å². The molecule has 2 saturated heterocycles. The molecule has 0 saturated carbocycles. The monoisotopic (exact) mass is 240 g/mol. The third-order valence-corrected chi connectivity index (χ3v) is 3.97. The SMILES string of the molecule is O=CN(CCCC1CCOC1)C1CCNCC1. The van der Waals surface area contributed by atoms with Gasteiger partial charge in [0.15, 0.2) is 0 Å². The highest BCUT2D eigenvalue weighted by Gasteiger charge is 2.20. The summed E-state index contributed by atoms with van der Waals surface area (Å²) >= 11 is 0. The van der Waals surface area contributed by atoms with Crippen LogP contribution in [0.4, 0.5) is 0 Å². The van der Waals surface area contributed by atoms with Gasteiger partial charge in [-0.25, -0.2) is 0 Å². The van der Waals surface area contributed by atoms with Crippen LogP contribution in [0.5, 0.6) is 0 Å². The fraction of sp³-hybridized carbons (Fsp3) is 0.923. The molecule has 2 fully saturated rings. The highest BCUT2D eigenvalue weighted by atomic mass is 16.5. The van der Waals surface area contributed by atoms with E-state index in [2.05, 4.69) is 5.32 Å². The van der Waals surface area contributed by atoms with E-state index in [1.54, 1.807) is 0 Å². The standard InChI is InChI=1S/C13H24N2O2/c16-11-15(13-3-6-14-7-4-13)8-1-2-12-5-9-17-10-12/h11-14H,1-10H2. The maximum atomic E-state index is 11.1. The second-order valence-electron chi connectivity index (χ2n) is 5.20. The van der Waals surface area contributed by atoms with E-state index in [9.17, 15) is 4.79 Å². The molecule has 0 aromatic heterocycles. The van der Waals surface area contributed by atoms with Crippen molar-refractivity contribution < 1.29 is 9.53 Å². The minimum atomic E-state index is 0.466. The Balaban J connectivity index is 1.65. The van der Waals surface area contributed by atoms with E-state index in [1.165, 1.54) is 12.8 Å². The predicted octanol–water partition coefficient (Wildman–Crippen LogP) is 1.01. The fourth-order valence-electron chi connectivity index (χ4n) is 2.83. The van der Waals surface area contributed by atoms with Crippen molar-refractivity contribution in [2.75, 3.05) is 32.8 Å². The molecule has 0 aromatic rings. The van der Waals surface area contributed by atoms with Gasteiger partial charge in [0.1, 0.15) is 0 Å². The molecular weight excluding hydrogens is 216 g/mol. The molecule has 0 spiro atoms. The molecule has 2 aliphatic rings. The van der Waals surface area contributed by atoms with Gasteiger partial charge < -0.3 is 15.0 Å². The van der Waals surface area contributed by atoms with Crippen LogP contribution >= 0.6 is 0 Å². The predicted molar refractivity (Wildman–Crippen MR) is 66.8 cm³/mol. The first kappa shape index (κ1) is 12.8. The summed E-state index contributed by atoms with van der Waals surface area (Å²) in [5, 5.41) is 3.34. The summed E-state index contributed by atoms with van der Waals surface area (Å²) in [7, 11) is 0. The van der Waals surface area contributed by atoms with Crippen molar-refractivity contribution in [2.24, 2.45) is 5.92 Å². The zero-order chi connectivity index (χ0) is 11.9. The van der Waals surface area contributed by atoms with Gasteiger partial charge in [0.25, 0.3) is 0 Å². The van der Waals surface area contributed by atoms with E-state index in [-0.39, 0.29) is 0 Å². The maximum Gasteiger partial charge on any atom is 0.209 e. The van der Waals surface area contributed by atoms with Crippen LogP contribution in [0.25, 0.3) is 0 Å². The smallest absolute Gasteiger partial charge is 0.209 e. The number of carbonyl (C=O) groups is 1. The average molecular weight is 240 g/mol. The number of amides is 1. The lowest BCUT2D eigenvalue weighted by molar-refractivity contribution is -0.120. The summed E-state index contributed by atoms with van der Waals surface area (Å²) in [4.78, 5) is 13.1. The lowest BCUT2D eigenvalue weighted by Gasteiger charge is -2.32. The summed E-state index contributed by atoms with van der Waals surface area (Å²) in [5.41, 5.74) is 0. The Labute approximate surface area is 104 Å². The number of ether oxygens (including phenoxy) is 1. The molecule has 0 radical (unpaired) electrons. The van der Waals surface area contributed by atoms with Crippen molar-refractivity contribution in [1.82, 2.24) is 10.2 Å². The molecule has 2 aliphatic heterocycles. The lowest BCUT2D eigenvalue weighted by atomic mass is 10.0. The highest BCUT2D eigenvalue weighted by molar-refractivity contribution is 5.47. The molecule has 17 heavy (non-hydrogen) atoms. The van der Waals surface area contributed by atoms with Gasteiger partial charge in [-0.15, -0.1) is 0 Å². The summed E-state index contributed by atoms with van der Waals surface area (Å²) < 4.78 is 5.37. The van der Waals surface area contributed by atoms with Gasteiger partial charge in [-0.2, -0.15) is 0 Å². The van der Waals surface area contributed by atoms with Crippen LogP contribution in [0.2, 0.25) is 0 Å². The van der Waals surface area contributed by atoms with Crippen LogP contribution in [-0.2, 0) is 9.53 Å². The van der Waals surface area contributed by atoms with E-state index in [1.807, 2.05) is 4.90 Å². The maximum absolute atomic E-state index is 11.1. The number of hydrogen-bond acceptors (Lipinski definition) is 3. The van der Waals surface area contributed by atoms with E-state index in [0.29, 0.717) is 6.04 Å². The molecule has 0 bridgehead atoms. The van der Waals surface area contributed by atoms with Crippen molar-refractivity contribution in [3.63, 3.8) is 0 Å². The summed E-state index contributed by atoms with van der Waals surface area (Å²) in [6.45, 7) is 4.87. The largest absolute Gasteiger partial charge is 0.381 e. The van der Waals surface area contributed by atoms with Crippen LogP contribution in [0.1, 0.15) is 32.1 Å². The van der Waals surface area contributed by atoms with Crippen LogP contribution in [0.3, 0.4) is 0 Å². The Morgan fingerprint density at radius 3 is 2.76 bits per heavy atom. The molecule has 1 atom stereocenters. The molecule has 1 unspecified atom stereocenters. The first-order valence-corrected chi connectivity index (χ1v) is 6.89. The van der Waals surface area contributed by atoms with Crippen molar-refractivity contribution in [2.45, 2.75) is 38.1 Å². The Kier molecular flexibility index (Phi) is 5.26. The highest BCUT2D eigenvalue weighted by Crippen LogP contribution is 2.19. The third kappa shape index (κ3) is 3.96. The minimum Gasteiger partial charge on any atom is -0.381 e. The summed E-state index contributed by atoms with van der Waals surface area (Å²) in [5.74, 6) is 0.733. The third-order valence-electron chi connectivity index (χ3n) is 3.97. The quantitative estimate of drug-likeness (QED) is 0.705.